The summed E-state index contributed by atoms with van der Waals surface area (Å²) in [6.45, 7) is 2.25. The first-order valence-electron chi connectivity index (χ1n) is 5.62. The van der Waals surface area contributed by atoms with Gasteiger partial charge in [-0.15, -0.1) is 0 Å². The Kier molecular flexibility index (Phi) is 3.57. The van der Waals surface area contributed by atoms with Crippen molar-refractivity contribution in [3.05, 3.63) is 59.7 Å². The molecule has 0 aliphatic heterocycles. The van der Waals surface area contributed by atoms with E-state index < -0.39 is 5.97 Å². The Morgan fingerprint density at radius 1 is 1.39 bits per heavy atom. The van der Waals surface area contributed by atoms with Gasteiger partial charge in [-0.25, -0.2) is 9.78 Å². The molecule has 0 spiro atoms. The van der Waals surface area contributed by atoms with E-state index in [0.717, 1.165) is 11.3 Å². The number of rotatable bonds is 4. The second-order valence-electron chi connectivity index (χ2n) is 4.06. The number of benzene rings is 1. The van der Waals surface area contributed by atoms with Crippen LogP contribution in [0.3, 0.4) is 0 Å². The molecule has 18 heavy (non-hydrogen) atoms. The third kappa shape index (κ3) is 2.85. The van der Waals surface area contributed by atoms with Crippen LogP contribution in [0, 0.1) is 0 Å². The first-order chi connectivity index (χ1) is 8.66. The minimum atomic E-state index is -0.914. The van der Waals surface area contributed by atoms with Crippen LogP contribution in [0.1, 0.15) is 18.2 Å². The van der Waals surface area contributed by atoms with E-state index in [-0.39, 0.29) is 0 Å². The van der Waals surface area contributed by atoms with Crippen molar-refractivity contribution in [1.29, 1.82) is 0 Å². The van der Waals surface area contributed by atoms with E-state index in [1.165, 1.54) is 0 Å². The molecule has 4 nitrogen and oxygen atoms in total. The standard InChI is InChI=1S/C14H14N2O2/c1-11(14(17)18)7-13-8-15-10-16(13)9-12-5-3-2-4-6-12/h2-8,10H,9H2,1H3,(H,17,18)/b11-7+. The van der Waals surface area contributed by atoms with Crippen LogP contribution in [0.4, 0.5) is 0 Å². The number of nitrogens with zero attached hydrogens (tertiary/aromatic N) is 2. The second kappa shape index (κ2) is 5.31. The molecular weight excluding hydrogens is 228 g/mol. The number of imidazole rings is 1. The van der Waals surface area contributed by atoms with Crippen LogP contribution in [0.5, 0.6) is 0 Å². The van der Waals surface area contributed by atoms with Gasteiger partial charge in [0.2, 0.25) is 0 Å². The molecular formula is C14H14N2O2. The highest BCUT2D eigenvalue weighted by Gasteiger charge is 2.04. The molecule has 0 fully saturated rings. The van der Waals surface area contributed by atoms with Crippen LogP contribution >= 0.6 is 0 Å². The van der Waals surface area contributed by atoms with Gasteiger partial charge in [0.15, 0.2) is 0 Å². The van der Waals surface area contributed by atoms with Crippen molar-refractivity contribution >= 4 is 12.0 Å². The maximum absolute atomic E-state index is 10.8. The average molecular weight is 242 g/mol. The van der Waals surface area contributed by atoms with Gasteiger partial charge in [0.05, 0.1) is 18.2 Å². The summed E-state index contributed by atoms with van der Waals surface area (Å²) in [6.07, 6.45) is 4.99. The lowest BCUT2D eigenvalue weighted by Gasteiger charge is -2.05. The first kappa shape index (κ1) is 12.1. The van der Waals surface area contributed by atoms with Crippen LogP contribution in [0.15, 0.2) is 48.4 Å². The quantitative estimate of drug-likeness (QED) is 0.838. The Balaban J connectivity index is 2.24. The Labute approximate surface area is 105 Å². The fraction of sp³-hybridized carbons (Fsp3) is 0.143. The lowest BCUT2D eigenvalue weighted by Crippen LogP contribution is -2.02. The molecule has 0 aliphatic carbocycles. The van der Waals surface area contributed by atoms with E-state index >= 15 is 0 Å². The Morgan fingerprint density at radius 3 is 2.78 bits per heavy atom. The third-order valence-electron chi connectivity index (χ3n) is 2.64. The highest BCUT2D eigenvalue weighted by molar-refractivity contribution is 5.91. The molecule has 92 valence electrons. The zero-order valence-electron chi connectivity index (χ0n) is 10.1. The van der Waals surface area contributed by atoms with Gasteiger partial charge in [0.25, 0.3) is 0 Å². The number of aromatic nitrogens is 2. The van der Waals surface area contributed by atoms with Gasteiger partial charge < -0.3 is 9.67 Å². The van der Waals surface area contributed by atoms with Crippen LogP contribution < -0.4 is 0 Å². The highest BCUT2D eigenvalue weighted by atomic mass is 16.4. The number of carbonyl (C=O) groups is 1. The van der Waals surface area contributed by atoms with Crippen molar-refractivity contribution in [3.63, 3.8) is 0 Å². The van der Waals surface area contributed by atoms with Crippen LogP contribution in [-0.2, 0) is 11.3 Å². The number of aliphatic carboxylic acids is 1. The number of hydrogen-bond acceptors (Lipinski definition) is 2. The van der Waals surface area contributed by atoms with Crippen molar-refractivity contribution in [2.45, 2.75) is 13.5 Å². The first-order valence-corrected chi connectivity index (χ1v) is 5.62. The van der Waals surface area contributed by atoms with Crippen LogP contribution in [-0.4, -0.2) is 20.6 Å². The Bertz CT molecular complexity index is 570. The number of hydrogen-bond donors (Lipinski definition) is 1. The van der Waals surface area contributed by atoms with Crippen LogP contribution in [0.2, 0.25) is 0 Å². The van der Waals surface area contributed by atoms with Gasteiger partial charge in [-0.2, -0.15) is 0 Å². The molecule has 0 amide bonds. The molecule has 0 bridgehead atoms. The van der Waals surface area contributed by atoms with E-state index in [9.17, 15) is 4.79 Å². The summed E-state index contributed by atoms with van der Waals surface area (Å²) in [5, 5.41) is 8.86. The summed E-state index contributed by atoms with van der Waals surface area (Å²) >= 11 is 0. The molecule has 0 saturated heterocycles. The molecule has 2 rings (SSSR count). The van der Waals surface area contributed by atoms with Crippen molar-refractivity contribution in [3.8, 4) is 0 Å². The monoisotopic (exact) mass is 242 g/mol. The average Bonchev–Trinajstić information content (AvgIpc) is 2.78. The van der Waals surface area contributed by atoms with Crippen molar-refractivity contribution in [1.82, 2.24) is 9.55 Å². The van der Waals surface area contributed by atoms with Crippen molar-refractivity contribution in [2.24, 2.45) is 0 Å². The molecule has 2 aromatic rings. The summed E-state index contributed by atoms with van der Waals surface area (Å²) in [5.74, 6) is -0.914. The molecule has 0 radical (unpaired) electrons. The smallest absolute Gasteiger partial charge is 0.331 e. The number of carboxylic acids is 1. The van der Waals surface area contributed by atoms with Gasteiger partial charge in [0.1, 0.15) is 0 Å². The minimum Gasteiger partial charge on any atom is -0.478 e. The fourth-order valence-electron chi connectivity index (χ4n) is 1.65. The van der Waals surface area contributed by atoms with E-state index in [1.807, 2.05) is 34.9 Å². The molecule has 1 aromatic carbocycles. The van der Waals surface area contributed by atoms with E-state index in [1.54, 1.807) is 25.5 Å². The molecule has 0 saturated carbocycles. The number of carboxylic acid groups (broad SMARTS) is 1. The molecule has 1 aromatic heterocycles. The molecule has 0 unspecified atom stereocenters. The maximum atomic E-state index is 10.8. The Hall–Kier alpha value is -2.36. The second-order valence-corrected chi connectivity index (χ2v) is 4.06. The molecule has 0 aliphatic rings. The highest BCUT2D eigenvalue weighted by Crippen LogP contribution is 2.10. The zero-order valence-corrected chi connectivity index (χ0v) is 10.1. The molecule has 1 heterocycles. The summed E-state index contributed by atoms with van der Waals surface area (Å²) in [6, 6.07) is 9.97. The predicted molar refractivity (Wildman–Crippen MR) is 69.1 cm³/mol. The predicted octanol–water partition coefficient (Wildman–Crippen LogP) is 2.42. The van der Waals surface area contributed by atoms with E-state index in [2.05, 4.69) is 4.98 Å². The van der Waals surface area contributed by atoms with Gasteiger partial charge in [-0.3, -0.25) is 0 Å². The van der Waals surface area contributed by atoms with Crippen molar-refractivity contribution < 1.29 is 9.90 Å². The zero-order chi connectivity index (χ0) is 13.0. The third-order valence-corrected chi connectivity index (χ3v) is 2.64. The molecule has 0 atom stereocenters. The molecule has 1 N–H and O–H groups in total. The fourth-order valence-corrected chi connectivity index (χ4v) is 1.65. The lowest BCUT2D eigenvalue weighted by molar-refractivity contribution is -0.132. The van der Waals surface area contributed by atoms with Crippen molar-refractivity contribution in [2.75, 3.05) is 0 Å². The van der Waals surface area contributed by atoms with Crippen LogP contribution in [0.25, 0.3) is 6.08 Å². The van der Waals surface area contributed by atoms with Gasteiger partial charge >= 0.3 is 5.97 Å². The van der Waals surface area contributed by atoms with E-state index in [0.29, 0.717) is 12.1 Å². The lowest BCUT2D eigenvalue weighted by atomic mass is 10.2. The minimum absolute atomic E-state index is 0.296. The summed E-state index contributed by atoms with van der Waals surface area (Å²) in [5.41, 5.74) is 2.24. The summed E-state index contributed by atoms with van der Waals surface area (Å²) in [4.78, 5) is 14.9. The SMILES string of the molecule is C/C(=C\c1cncn1Cc1ccccc1)C(=O)O. The van der Waals surface area contributed by atoms with Gasteiger partial charge in [0, 0.05) is 12.1 Å². The molecule has 4 heteroatoms. The topological polar surface area (TPSA) is 55.1 Å². The Morgan fingerprint density at radius 2 is 2.11 bits per heavy atom. The normalized spacial score (nSPS) is 11.5. The summed E-state index contributed by atoms with van der Waals surface area (Å²) < 4.78 is 1.92. The maximum Gasteiger partial charge on any atom is 0.331 e. The summed E-state index contributed by atoms with van der Waals surface area (Å²) in [7, 11) is 0. The van der Waals surface area contributed by atoms with E-state index in [4.69, 9.17) is 5.11 Å². The van der Waals surface area contributed by atoms with Gasteiger partial charge in [-0.05, 0) is 18.6 Å². The largest absolute Gasteiger partial charge is 0.478 e. The van der Waals surface area contributed by atoms with Gasteiger partial charge in [-0.1, -0.05) is 30.3 Å².